The Morgan fingerprint density at radius 3 is 2.52 bits per heavy atom. The highest BCUT2D eigenvalue weighted by Crippen LogP contribution is 2.21. The van der Waals surface area contributed by atoms with E-state index in [0.29, 0.717) is 0 Å². The van der Waals surface area contributed by atoms with Crippen LogP contribution in [0.3, 0.4) is 0 Å². The standard InChI is InChI=1S/C15H22F2N2O2/c1-18(5-6-19-7-9-21-10-8-19)11-14(20)15-12(16)3-2-4-13(15)17/h2-4,14,20H,5-11H2,1H3. The minimum absolute atomic E-state index is 0.197. The Morgan fingerprint density at radius 1 is 1.29 bits per heavy atom. The molecule has 1 aliphatic heterocycles. The molecule has 1 aromatic rings. The molecule has 118 valence electrons. The third kappa shape index (κ3) is 4.71. The van der Waals surface area contributed by atoms with Crippen molar-refractivity contribution in [2.24, 2.45) is 0 Å². The Morgan fingerprint density at radius 2 is 1.90 bits per heavy atom. The van der Waals surface area contributed by atoms with Crippen LogP contribution in [0.4, 0.5) is 8.78 Å². The summed E-state index contributed by atoms with van der Waals surface area (Å²) in [6, 6.07) is 3.62. The maximum Gasteiger partial charge on any atom is 0.131 e. The first-order valence-electron chi connectivity index (χ1n) is 7.18. The predicted octanol–water partition coefficient (Wildman–Crippen LogP) is 1.26. The highest BCUT2D eigenvalue weighted by Gasteiger charge is 2.19. The van der Waals surface area contributed by atoms with Crippen LogP contribution in [0.5, 0.6) is 0 Å². The minimum Gasteiger partial charge on any atom is -0.387 e. The van der Waals surface area contributed by atoms with Gasteiger partial charge in [0.05, 0.1) is 24.9 Å². The fourth-order valence-electron chi connectivity index (χ4n) is 2.44. The third-order valence-corrected chi connectivity index (χ3v) is 3.72. The van der Waals surface area contributed by atoms with E-state index in [9.17, 15) is 13.9 Å². The Kier molecular flexibility index (Phi) is 6.05. The third-order valence-electron chi connectivity index (χ3n) is 3.72. The van der Waals surface area contributed by atoms with Crippen molar-refractivity contribution in [3.8, 4) is 0 Å². The Balaban J connectivity index is 1.82. The van der Waals surface area contributed by atoms with Gasteiger partial charge in [-0.05, 0) is 19.2 Å². The summed E-state index contributed by atoms with van der Waals surface area (Å²) in [5.74, 6) is -1.41. The van der Waals surface area contributed by atoms with Crippen molar-refractivity contribution < 1.29 is 18.6 Å². The van der Waals surface area contributed by atoms with E-state index in [0.717, 1.165) is 51.5 Å². The summed E-state index contributed by atoms with van der Waals surface area (Å²) in [5.41, 5.74) is -0.254. The van der Waals surface area contributed by atoms with Crippen molar-refractivity contribution in [1.29, 1.82) is 0 Å². The van der Waals surface area contributed by atoms with Crippen LogP contribution in [0.25, 0.3) is 0 Å². The van der Waals surface area contributed by atoms with Crippen LogP contribution < -0.4 is 0 Å². The molecule has 0 aromatic heterocycles. The van der Waals surface area contributed by atoms with E-state index in [-0.39, 0.29) is 12.1 Å². The molecule has 1 unspecified atom stereocenters. The number of morpholine rings is 1. The topological polar surface area (TPSA) is 35.9 Å². The fourth-order valence-corrected chi connectivity index (χ4v) is 2.44. The summed E-state index contributed by atoms with van der Waals surface area (Å²) < 4.78 is 32.5. The summed E-state index contributed by atoms with van der Waals surface area (Å²) >= 11 is 0. The van der Waals surface area contributed by atoms with E-state index < -0.39 is 17.7 Å². The zero-order valence-electron chi connectivity index (χ0n) is 12.3. The van der Waals surface area contributed by atoms with Gasteiger partial charge in [-0.1, -0.05) is 6.07 Å². The molecular weight excluding hydrogens is 278 g/mol. The van der Waals surface area contributed by atoms with Crippen molar-refractivity contribution >= 4 is 0 Å². The number of nitrogens with zero attached hydrogens (tertiary/aromatic N) is 2. The molecule has 0 radical (unpaired) electrons. The lowest BCUT2D eigenvalue weighted by Gasteiger charge is -2.29. The number of hydrogen-bond acceptors (Lipinski definition) is 4. The van der Waals surface area contributed by atoms with Gasteiger partial charge in [0.15, 0.2) is 0 Å². The summed E-state index contributed by atoms with van der Waals surface area (Å²) in [6.45, 7) is 5.07. The van der Waals surface area contributed by atoms with E-state index in [1.54, 1.807) is 0 Å². The van der Waals surface area contributed by atoms with Crippen molar-refractivity contribution in [2.75, 3.05) is 53.0 Å². The zero-order valence-corrected chi connectivity index (χ0v) is 12.3. The molecule has 21 heavy (non-hydrogen) atoms. The molecule has 1 saturated heterocycles. The number of ether oxygens (including phenoxy) is 1. The number of likely N-dealkylation sites (N-methyl/N-ethyl adjacent to an activating group) is 1. The molecule has 0 saturated carbocycles. The van der Waals surface area contributed by atoms with Gasteiger partial charge in [0.1, 0.15) is 11.6 Å². The van der Waals surface area contributed by atoms with Crippen LogP contribution in [-0.2, 0) is 4.74 Å². The molecule has 1 heterocycles. The number of benzene rings is 1. The maximum absolute atomic E-state index is 13.6. The second kappa shape index (κ2) is 7.79. The first-order chi connectivity index (χ1) is 10.1. The lowest BCUT2D eigenvalue weighted by Crippen LogP contribution is -2.41. The van der Waals surface area contributed by atoms with E-state index in [2.05, 4.69) is 4.90 Å². The molecule has 2 rings (SSSR count). The molecule has 1 fully saturated rings. The second-order valence-corrected chi connectivity index (χ2v) is 5.37. The van der Waals surface area contributed by atoms with E-state index in [1.165, 1.54) is 6.07 Å². The van der Waals surface area contributed by atoms with Crippen molar-refractivity contribution in [1.82, 2.24) is 9.80 Å². The van der Waals surface area contributed by atoms with Gasteiger partial charge < -0.3 is 14.7 Å². The largest absolute Gasteiger partial charge is 0.387 e. The van der Waals surface area contributed by atoms with Gasteiger partial charge in [-0.25, -0.2) is 8.78 Å². The monoisotopic (exact) mass is 300 g/mol. The van der Waals surface area contributed by atoms with Crippen LogP contribution in [-0.4, -0.2) is 67.9 Å². The van der Waals surface area contributed by atoms with E-state index in [1.807, 2.05) is 11.9 Å². The van der Waals surface area contributed by atoms with E-state index in [4.69, 9.17) is 4.74 Å². The van der Waals surface area contributed by atoms with Crippen LogP contribution in [0, 0.1) is 11.6 Å². The summed E-state index contributed by atoms with van der Waals surface area (Å²) in [7, 11) is 1.84. The predicted molar refractivity (Wildman–Crippen MR) is 76.1 cm³/mol. The van der Waals surface area contributed by atoms with Crippen LogP contribution in [0.2, 0.25) is 0 Å². The van der Waals surface area contributed by atoms with Gasteiger partial charge >= 0.3 is 0 Å². The smallest absolute Gasteiger partial charge is 0.131 e. The Hall–Kier alpha value is -1.08. The van der Waals surface area contributed by atoms with Gasteiger partial charge in [-0.3, -0.25) is 4.90 Å². The highest BCUT2D eigenvalue weighted by molar-refractivity contribution is 5.22. The molecule has 1 N–H and O–H groups in total. The van der Waals surface area contributed by atoms with Crippen molar-refractivity contribution in [3.05, 3.63) is 35.4 Å². The average molecular weight is 300 g/mol. The molecule has 0 amide bonds. The number of rotatable bonds is 6. The number of hydrogen-bond donors (Lipinski definition) is 1. The van der Waals surface area contributed by atoms with Crippen molar-refractivity contribution in [2.45, 2.75) is 6.10 Å². The first-order valence-corrected chi connectivity index (χ1v) is 7.18. The van der Waals surface area contributed by atoms with Gasteiger partial charge in [0.2, 0.25) is 0 Å². The molecule has 1 aliphatic rings. The zero-order chi connectivity index (χ0) is 15.2. The second-order valence-electron chi connectivity index (χ2n) is 5.37. The van der Waals surface area contributed by atoms with Crippen molar-refractivity contribution in [3.63, 3.8) is 0 Å². The van der Waals surface area contributed by atoms with Crippen LogP contribution in [0.1, 0.15) is 11.7 Å². The normalized spacial score (nSPS) is 18.1. The Bertz CT molecular complexity index is 433. The summed E-state index contributed by atoms with van der Waals surface area (Å²) in [4.78, 5) is 4.15. The summed E-state index contributed by atoms with van der Waals surface area (Å²) in [6.07, 6.45) is -1.17. The van der Waals surface area contributed by atoms with Gasteiger partial charge in [-0.2, -0.15) is 0 Å². The molecule has 1 aromatic carbocycles. The number of aliphatic hydroxyl groups excluding tert-OH is 1. The molecule has 0 spiro atoms. The molecule has 0 aliphatic carbocycles. The average Bonchev–Trinajstić information content (AvgIpc) is 2.46. The molecule has 6 heteroatoms. The fraction of sp³-hybridized carbons (Fsp3) is 0.600. The van der Waals surface area contributed by atoms with Gasteiger partial charge in [-0.15, -0.1) is 0 Å². The molecule has 4 nitrogen and oxygen atoms in total. The summed E-state index contributed by atoms with van der Waals surface area (Å²) in [5, 5.41) is 10.0. The lowest BCUT2D eigenvalue weighted by atomic mass is 10.1. The quantitative estimate of drug-likeness (QED) is 0.858. The van der Waals surface area contributed by atoms with Crippen LogP contribution in [0.15, 0.2) is 18.2 Å². The minimum atomic E-state index is -1.17. The SMILES string of the molecule is CN(CCN1CCOCC1)CC(O)c1c(F)cccc1F. The van der Waals surface area contributed by atoms with Gasteiger partial charge in [0.25, 0.3) is 0 Å². The Labute approximate surface area is 123 Å². The molecule has 1 atom stereocenters. The first kappa shape index (κ1) is 16.3. The maximum atomic E-state index is 13.6. The van der Waals surface area contributed by atoms with Crippen LogP contribution >= 0.6 is 0 Å². The molecular formula is C15H22F2N2O2. The highest BCUT2D eigenvalue weighted by atomic mass is 19.1. The number of halogens is 2. The lowest BCUT2D eigenvalue weighted by molar-refractivity contribution is 0.0317. The van der Waals surface area contributed by atoms with E-state index >= 15 is 0 Å². The van der Waals surface area contributed by atoms with Gasteiger partial charge in [0, 0.05) is 32.7 Å². The number of aliphatic hydroxyl groups is 1. The molecule has 0 bridgehead atoms.